The van der Waals surface area contributed by atoms with Crippen molar-refractivity contribution in [2.45, 2.75) is 32.9 Å². The Balaban J connectivity index is 0.00000180. The number of hydrogen-bond donors (Lipinski definition) is 1. The summed E-state index contributed by atoms with van der Waals surface area (Å²) in [5, 5.41) is 3.48. The summed E-state index contributed by atoms with van der Waals surface area (Å²) in [6, 6.07) is 7.05. The van der Waals surface area contributed by atoms with Crippen molar-refractivity contribution in [1.82, 2.24) is 10.2 Å². The number of piperazine rings is 1. The highest BCUT2D eigenvalue weighted by molar-refractivity contribution is 5.85. The van der Waals surface area contributed by atoms with Crippen LogP contribution in [0.4, 0.5) is 0 Å². The highest BCUT2D eigenvalue weighted by atomic mass is 35.5. The van der Waals surface area contributed by atoms with Crippen LogP contribution in [-0.4, -0.2) is 37.7 Å². The largest absolute Gasteiger partial charge is 0.497 e. The number of halogens is 1. The summed E-state index contributed by atoms with van der Waals surface area (Å²) in [6.45, 7) is 8.88. The van der Waals surface area contributed by atoms with Crippen molar-refractivity contribution in [3.63, 3.8) is 0 Å². The Morgan fingerprint density at radius 1 is 1.37 bits per heavy atom. The summed E-state index contributed by atoms with van der Waals surface area (Å²) >= 11 is 0. The van der Waals surface area contributed by atoms with Gasteiger partial charge in [-0.15, -0.1) is 12.4 Å². The van der Waals surface area contributed by atoms with E-state index >= 15 is 0 Å². The average Bonchev–Trinajstić information content (AvgIpc) is 2.39. The molecule has 1 aliphatic rings. The van der Waals surface area contributed by atoms with E-state index in [-0.39, 0.29) is 12.4 Å². The molecule has 1 fully saturated rings. The Labute approximate surface area is 122 Å². The molecule has 1 saturated heterocycles. The second-order valence-corrected chi connectivity index (χ2v) is 5.08. The van der Waals surface area contributed by atoms with Gasteiger partial charge in [-0.25, -0.2) is 0 Å². The van der Waals surface area contributed by atoms with Crippen LogP contribution in [0.15, 0.2) is 18.2 Å². The molecule has 0 saturated carbocycles. The van der Waals surface area contributed by atoms with Crippen LogP contribution in [0.5, 0.6) is 5.75 Å². The van der Waals surface area contributed by atoms with Gasteiger partial charge in [0.2, 0.25) is 0 Å². The molecule has 0 radical (unpaired) electrons. The molecule has 1 aromatic carbocycles. The molecule has 0 amide bonds. The fourth-order valence-electron chi connectivity index (χ4n) is 2.61. The quantitative estimate of drug-likeness (QED) is 0.919. The number of aryl methyl sites for hydroxylation is 1. The first-order chi connectivity index (χ1) is 8.72. The minimum atomic E-state index is 0. The predicted octanol–water partition coefficient (Wildman–Crippen LogP) is 2.47. The molecule has 0 bridgehead atoms. The van der Waals surface area contributed by atoms with Crippen LogP contribution in [0, 0.1) is 0 Å². The van der Waals surface area contributed by atoms with E-state index in [0.29, 0.717) is 6.04 Å². The van der Waals surface area contributed by atoms with E-state index < -0.39 is 0 Å². The van der Waals surface area contributed by atoms with Gasteiger partial charge in [0.15, 0.2) is 0 Å². The van der Waals surface area contributed by atoms with Crippen LogP contribution in [0.3, 0.4) is 0 Å². The van der Waals surface area contributed by atoms with E-state index in [0.717, 1.165) is 38.3 Å². The van der Waals surface area contributed by atoms with Crippen LogP contribution < -0.4 is 10.1 Å². The number of benzene rings is 1. The number of ether oxygens (including phenoxy) is 1. The molecular weight excluding hydrogens is 260 g/mol. The minimum Gasteiger partial charge on any atom is -0.497 e. The lowest BCUT2D eigenvalue weighted by atomic mass is 10.0. The van der Waals surface area contributed by atoms with E-state index in [9.17, 15) is 0 Å². The summed E-state index contributed by atoms with van der Waals surface area (Å²) in [5.74, 6) is 0.962. The van der Waals surface area contributed by atoms with E-state index in [1.165, 1.54) is 11.1 Å². The Hall–Kier alpha value is -0.770. The van der Waals surface area contributed by atoms with Crippen molar-refractivity contribution in [1.29, 1.82) is 0 Å². The molecule has 0 unspecified atom stereocenters. The summed E-state index contributed by atoms with van der Waals surface area (Å²) < 4.78 is 5.30. The first kappa shape index (κ1) is 16.3. The predicted molar refractivity (Wildman–Crippen MR) is 82.4 cm³/mol. The first-order valence-electron chi connectivity index (χ1n) is 6.84. The molecule has 3 nitrogen and oxygen atoms in total. The fourth-order valence-corrected chi connectivity index (χ4v) is 2.61. The smallest absolute Gasteiger partial charge is 0.119 e. The number of hydrogen-bond acceptors (Lipinski definition) is 3. The van der Waals surface area contributed by atoms with E-state index in [4.69, 9.17) is 4.74 Å². The number of rotatable bonds is 4. The van der Waals surface area contributed by atoms with Gasteiger partial charge in [0.05, 0.1) is 7.11 Å². The summed E-state index contributed by atoms with van der Waals surface area (Å²) in [4.78, 5) is 2.53. The van der Waals surface area contributed by atoms with Crippen LogP contribution >= 0.6 is 12.4 Å². The Bertz CT molecular complexity index is 398. The Morgan fingerprint density at radius 3 is 2.79 bits per heavy atom. The lowest BCUT2D eigenvalue weighted by molar-refractivity contribution is 0.199. The van der Waals surface area contributed by atoms with Crippen LogP contribution in [0.2, 0.25) is 0 Å². The Morgan fingerprint density at radius 2 is 2.16 bits per heavy atom. The lowest BCUT2D eigenvalue weighted by Gasteiger charge is -2.32. The maximum absolute atomic E-state index is 5.30. The normalized spacial score (nSPS) is 19.8. The minimum absolute atomic E-state index is 0. The van der Waals surface area contributed by atoms with Crippen LogP contribution in [0.1, 0.15) is 25.0 Å². The topological polar surface area (TPSA) is 24.5 Å². The summed E-state index contributed by atoms with van der Waals surface area (Å²) in [5.41, 5.74) is 2.84. The van der Waals surface area contributed by atoms with Gasteiger partial charge >= 0.3 is 0 Å². The number of methoxy groups -OCH3 is 1. The monoisotopic (exact) mass is 284 g/mol. The molecule has 1 aliphatic heterocycles. The van der Waals surface area contributed by atoms with Crippen molar-refractivity contribution < 1.29 is 4.74 Å². The number of nitrogens with one attached hydrogen (secondary N) is 1. The first-order valence-corrected chi connectivity index (χ1v) is 6.84. The lowest BCUT2D eigenvalue weighted by Crippen LogP contribution is -2.48. The molecule has 19 heavy (non-hydrogen) atoms. The van der Waals surface area contributed by atoms with Gasteiger partial charge in [-0.1, -0.05) is 13.0 Å². The zero-order chi connectivity index (χ0) is 13.0. The van der Waals surface area contributed by atoms with Gasteiger partial charge < -0.3 is 10.1 Å². The van der Waals surface area contributed by atoms with Gasteiger partial charge in [0.1, 0.15) is 5.75 Å². The third-order valence-electron chi connectivity index (χ3n) is 3.64. The van der Waals surface area contributed by atoms with Gasteiger partial charge in [-0.05, 0) is 36.6 Å². The molecule has 0 aliphatic carbocycles. The zero-order valence-electron chi connectivity index (χ0n) is 12.1. The third-order valence-corrected chi connectivity index (χ3v) is 3.64. The molecule has 1 heterocycles. The molecule has 4 heteroatoms. The molecular formula is C15H25ClN2O. The molecule has 1 N–H and O–H groups in total. The van der Waals surface area contributed by atoms with Gasteiger partial charge in [-0.3, -0.25) is 4.90 Å². The standard InChI is InChI=1S/C15H24N2O.ClH/c1-4-13-9-15(18-3)6-5-14(13)11-17-8-7-16-12(2)10-17;/h5-6,9,12,16H,4,7-8,10-11H2,1-3H3;1H/t12-;/m1./s1. The molecule has 1 atom stereocenters. The third kappa shape index (κ3) is 4.37. The van der Waals surface area contributed by atoms with E-state index in [1.54, 1.807) is 7.11 Å². The zero-order valence-corrected chi connectivity index (χ0v) is 12.9. The molecule has 0 aromatic heterocycles. The second kappa shape index (κ2) is 7.73. The SMILES string of the molecule is CCc1cc(OC)ccc1CN1CCN[C@H](C)C1.Cl. The number of nitrogens with zero attached hydrogens (tertiary/aromatic N) is 1. The maximum Gasteiger partial charge on any atom is 0.119 e. The van der Waals surface area contributed by atoms with Gasteiger partial charge in [0, 0.05) is 32.2 Å². The molecule has 108 valence electrons. The fraction of sp³-hybridized carbons (Fsp3) is 0.600. The van der Waals surface area contributed by atoms with Crippen molar-refractivity contribution in [3.05, 3.63) is 29.3 Å². The maximum atomic E-state index is 5.30. The van der Waals surface area contributed by atoms with E-state index in [2.05, 4.69) is 42.3 Å². The molecule has 2 rings (SSSR count). The van der Waals surface area contributed by atoms with E-state index in [1.807, 2.05) is 0 Å². The van der Waals surface area contributed by atoms with Crippen molar-refractivity contribution in [2.24, 2.45) is 0 Å². The Kier molecular flexibility index (Phi) is 6.63. The molecule has 0 spiro atoms. The van der Waals surface area contributed by atoms with Gasteiger partial charge in [0.25, 0.3) is 0 Å². The van der Waals surface area contributed by atoms with Gasteiger partial charge in [-0.2, -0.15) is 0 Å². The highest BCUT2D eigenvalue weighted by Crippen LogP contribution is 2.20. The van der Waals surface area contributed by atoms with Crippen molar-refractivity contribution in [3.8, 4) is 5.75 Å². The van der Waals surface area contributed by atoms with Crippen LogP contribution in [-0.2, 0) is 13.0 Å². The average molecular weight is 285 g/mol. The highest BCUT2D eigenvalue weighted by Gasteiger charge is 2.16. The molecule has 1 aromatic rings. The summed E-state index contributed by atoms with van der Waals surface area (Å²) in [6.07, 6.45) is 1.06. The summed E-state index contributed by atoms with van der Waals surface area (Å²) in [7, 11) is 1.73. The second-order valence-electron chi connectivity index (χ2n) is 5.08. The van der Waals surface area contributed by atoms with Crippen molar-refractivity contribution in [2.75, 3.05) is 26.7 Å². The van der Waals surface area contributed by atoms with Crippen LogP contribution in [0.25, 0.3) is 0 Å². The van der Waals surface area contributed by atoms with Crippen molar-refractivity contribution >= 4 is 12.4 Å².